The van der Waals surface area contributed by atoms with Gasteiger partial charge in [0.15, 0.2) is 5.75 Å². The highest BCUT2D eigenvalue weighted by Gasteiger charge is 2.37. The van der Waals surface area contributed by atoms with Crippen molar-refractivity contribution in [3.05, 3.63) is 17.7 Å². The molecule has 1 atom stereocenters. The number of piperazine rings is 1. The minimum absolute atomic E-state index is 0.142. The molecule has 1 fully saturated rings. The van der Waals surface area contributed by atoms with Crippen LogP contribution in [-0.2, 0) is 4.74 Å². The zero-order valence-electron chi connectivity index (χ0n) is 17.1. The van der Waals surface area contributed by atoms with Crippen LogP contribution in [0.25, 0.3) is 0 Å². The number of nitriles is 1. The molecular weight excluding hydrogens is 358 g/mol. The highest BCUT2D eigenvalue weighted by atomic mass is 16.6. The fourth-order valence-corrected chi connectivity index (χ4v) is 3.31. The Morgan fingerprint density at radius 3 is 2.79 bits per heavy atom. The van der Waals surface area contributed by atoms with Gasteiger partial charge in [-0.15, -0.1) is 0 Å². The Labute approximate surface area is 165 Å². The number of fused-ring (bicyclic) bond motifs is 4. The minimum Gasteiger partial charge on any atom is -0.488 e. The van der Waals surface area contributed by atoms with Crippen molar-refractivity contribution in [2.75, 3.05) is 45.2 Å². The molecule has 150 valence electrons. The molecule has 0 saturated carbocycles. The summed E-state index contributed by atoms with van der Waals surface area (Å²) in [6, 6.07) is 5.86. The monoisotopic (exact) mass is 385 g/mol. The number of nitrogens with zero attached hydrogens (tertiary/aromatic N) is 5. The van der Waals surface area contributed by atoms with Crippen LogP contribution in [0.1, 0.15) is 26.3 Å². The summed E-state index contributed by atoms with van der Waals surface area (Å²) in [5, 5.41) is 9.72. The number of carbonyl (C=O) groups is 1. The van der Waals surface area contributed by atoms with Gasteiger partial charge in [0.05, 0.1) is 23.8 Å². The molecule has 1 saturated heterocycles. The minimum atomic E-state index is -0.546. The molecule has 1 aromatic carbocycles. The van der Waals surface area contributed by atoms with E-state index in [-0.39, 0.29) is 12.1 Å². The van der Waals surface area contributed by atoms with Gasteiger partial charge in [-0.25, -0.2) is 9.79 Å². The highest BCUT2D eigenvalue weighted by Crippen LogP contribution is 2.40. The Morgan fingerprint density at radius 2 is 2.14 bits per heavy atom. The molecule has 0 spiro atoms. The molecule has 0 unspecified atom stereocenters. The predicted octanol–water partition coefficient (Wildman–Crippen LogP) is 2.60. The van der Waals surface area contributed by atoms with E-state index in [0.29, 0.717) is 43.2 Å². The SMILES string of the molecule is CN(C)/C=N\c1ccc2c(c1C#N)OC[C@H]1CN2CCN1C(=O)OC(C)(C)C. The first-order valence-corrected chi connectivity index (χ1v) is 9.34. The van der Waals surface area contributed by atoms with Gasteiger partial charge in [0.1, 0.15) is 23.8 Å². The summed E-state index contributed by atoms with van der Waals surface area (Å²) in [5.74, 6) is 0.532. The van der Waals surface area contributed by atoms with Crippen LogP contribution in [-0.4, -0.2) is 74.2 Å². The maximum absolute atomic E-state index is 12.6. The van der Waals surface area contributed by atoms with Crippen molar-refractivity contribution in [1.82, 2.24) is 9.80 Å². The molecule has 2 bridgehead atoms. The summed E-state index contributed by atoms with van der Waals surface area (Å²) in [6.07, 6.45) is 1.32. The number of carbonyl (C=O) groups excluding carboxylic acids is 1. The number of hydrogen-bond donors (Lipinski definition) is 0. The molecule has 2 heterocycles. The van der Waals surface area contributed by atoms with Crippen molar-refractivity contribution >= 4 is 23.8 Å². The maximum Gasteiger partial charge on any atom is 0.410 e. The lowest BCUT2D eigenvalue weighted by molar-refractivity contribution is 0.00975. The van der Waals surface area contributed by atoms with Crippen molar-refractivity contribution in [2.24, 2.45) is 4.99 Å². The molecule has 0 radical (unpaired) electrons. The lowest BCUT2D eigenvalue weighted by Crippen LogP contribution is -2.57. The van der Waals surface area contributed by atoms with E-state index in [0.717, 1.165) is 5.69 Å². The van der Waals surface area contributed by atoms with E-state index in [2.05, 4.69) is 16.0 Å². The molecule has 3 rings (SSSR count). The average Bonchev–Trinajstić information content (AvgIpc) is 2.75. The van der Waals surface area contributed by atoms with Gasteiger partial charge < -0.3 is 19.3 Å². The second-order valence-electron chi connectivity index (χ2n) is 8.21. The molecule has 2 aliphatic rings. The van der Waals surface area contributed by atoms with Gasteiger partial charge in [-0.05, 0) is 32.9 Å². The third kappa shape index (κ3) is 4.14. The first-order chi connectivity index (χ1) is 13.2. The first kappa shape index (κ1) is 19.8. The zero-order valence-corrected chi connectivity index (χ0v) is 17.1. The zero-order chi connectivity index (χ0) is 20.5. The van der Waals surface area contributed by atoms with Gasteiger partial charge >= 0.3 is 6.09 Å². The normalized spacial score (nSPS) is 18.8. The number of ether oxygens (including phenoxy) is 2. The van der Waals surface area contributed by atoms with Crippen LogP contribution in [0, 0.1) is 11.3 Å². The van der Waals surface area contributed by atoms with Crippen molar-refractivity contribution in [2.45, 2.75) is 32.4 Å². The fourth-order valence-electron chi connectivity index (χ4n) is 3.31. The second kappa shape index (κ2) is 7.58. The summed E-state index contributed by atoms with van der Waals surface area (Å²) in [4.78, 5) is 22.7. The molecule has 1 aromatic rings. The standard InChI is InChI=1S/C20H27N5O3/c1-20(2,3)28-19(26)25-9-8-24-11-14(25)12-27-18-15(10-21)16(6-7-17(18)24)22-13-23(4)5/h6-7,13-14H,8-9,11-12H2,1-5H3/b22-13-/t14-/m1/s1. The molecule has 1 amide bonds. The van der Waals surface area contributed by atoms with Crippen LogP contribution in [0.5, 0.6) is 5.75 Å². The van der Waals surface area contributed by atoms with E-state index in [1.54, 1.807) is 11.2 Å². The topological polar surface area (TPSA) is 81.4 Å². The maximum atomic E-state index is 12.6. The molecule has 0 aromatic heterocycles. The Kier molecular flexibility index (Phi) is 5.36. The van der Waals surface area contributed by atoms with Crippen molar-refractivity contribution in [3.63, 3.8) is 0 Å². The van der Waals surface area contributed by atoms with E-state index in [4.69, 9.17) is 9.47 Å². The Hall–Kier alpha value is -2.95. The van der Waals surface area contributed by atoms with Gasteiger partial charge in [0.2, 0.25) is 0 Å². The van der Waals surface area contributed by atoms with Crippen molar-refractivity contribution in [3.8, 4) is 11.8 Å². The first-order valence-electron chi connectivity index (χ1n) is 9.34. The number of amides is 1. The smallest absolute Gasteiger partial charge is 0.410 e. The van der Waals surface area contributed by atoms with Gasteiger partial charge in [-0.3, -0.25) is 4.90 Å². The summed E-state index contributed by atoms with van der Waals surface area (Å²) in [7, 11) is 3.74. The van der Waals surface area contributed by atoms with Crippen LogP contribution in [0.15, 0.2) is 17.1 Å². The van der Waals surface area contributed by atoms with Crippen molar-refractivity contribution < 1.29 is 14.3 Å². The summed E-state index contributed by atoms with van der Waals surface area (Å²) in [6.45, 7) is 7.71. The van der Waals surface area contributed by atoms with Crippen LogP contribution >= 0.6 is 0 Å². The highest BCUT2D eigenvalue weighted by molar-refractivity contribution is 5.76. The largest absolute Gasteiger partial charge is 0.488 e. The molecule has 0 N–H and O–H groups in total. The van der Waals surface area contributed by atoms with E-state index in [1.165, 1.54) is 0 Å². The molecule has 28 heavy (non-hydrogen) atoms. The van der Waals surface area contributed by atoms with Crippen LogP contribution < -0.4 is 9.64 Å². The number of aliphatic imine (C=N–C) groups is 1. The Balaban J connectivity index is 1.88. The average molecular weight is 385 g/mol. The van der Waals surface area contributed by atoms with Crippen molar-refractivity contribution in [1.29, 1.82) is 5.26 Å². The molecular formula is C20H27N5O3. The van der Waals surface area contributed by atoms with Gasteiger partial charge in [-0.2, -0.15) is 5.26 Å². The summed E-state index contributed by atoms with van der Waals surface area (Å²) >= 11 is 0. The number of benzene rings is 1. The van der Waals surface area contributed by atoms with E-state index < -0.39 is 5.60 Å². The third-order valence-electron chi connectivity index (χ3n) is 4.53. The van der Waals surface area contributed by atoms with Crippen LogP contribution in [0.2, 0.25) is 0 Å². The van der Waals surface area contributed by atoms with E-state index in [1.807, 2.05) is 51.9 Å². The lowest BCUT2D eigenvalue weighted by atomic mass is 10.1. The third-order valence-corrected chi connectivity index (χ3v) is 4.53. The number of rotatable bonds is 2. The van der Waals surface area contributed by atoms with Crippen LogP contribution in [0.3, 0.4) is 0 Å². The Morgan fingerprint density at radius 1 is 1.39 bits per heavy atom. The summed E-state index contributed by atoms with van der Waals surface area (Å²) < 4.78 is 11.6. The summed E-state index contributed by atoms with van der Waals surface area (Å²) in [5.41, 5.74) is 1.30. The Bertz CT molecular complexity index is 822. The quantitative estimate of drug-likeness (QED) is 0.575. The molecule has 2 aliphatic heterocycles. The fraction of sp³-hybridized carbons (Fsp3) is 0.550. The van der Waals surface area contributed by atoms with E-state index >= 15 is 0 Å². The number of hydrogen-bond acceptors (Lipinski definition) is 6. The van der Waals surface area contributed by atoms with E-state index in [9.17, 15) is 10.1 Å². The number of anilines is 1. The van der Waals surface area contributed by atoms with Crippen LogP contribution in [0.4, 0.5) is 16.2 Å². The lowest BCUT2D eigenvalue weighted by Gasteiger charge is -2.40. The molecule has 0 aliphatic carbocycles. The molecule has 8 nitrogen and oxygen atoms in total. The van der Waals surface area contributed by atoms with Gasteiger partial charge in [-0.1, -0.05) is 0 Å². The van der Waals surface area contributed by atoms with Gasteiger partial charge in [0, 0.05) is 33.7 Å². The molecule has 8 heteroatoms. The predicted molar refractivity (Wildman–Crippen MR) is 107 cm³/mol. The van der Waals surface area contributed by atoms with Gasteiger partial charge in [0.25, 0.3) is 0 Å². The second-order valence-corrected chi connectivity index (χ2v) is 8.21.